The van der Waals surface area contributed by atoms with Crippen molar-refractivity contribution in [2.75, 3.05) is 52.5 Å². The average molecular weight is 675 g/mol. The van der Waals surface area contributed by atoms with Crippen LogP contribution >= 0.6 is 0 Å². The average Bonchev–Trinajstić information content (AvgIpc) is 4.07. The molecule has 2 saturated carbocycles. The van der Waals surface area contributed by atoms with Gasteiger partial charge in [-0.3, -0.25) is 14.5 Å². The van der Waals surface area contributed by atoms with E-state index in [-0.39, 0.29) is 22.9 Å². The zero-order chi connectivity index (χ0) is 34.2. The van der Waals surface area contributed by atoms with Gasteiger partial charge in [-0.1, -0.05) is 43.3 Å². The Labute approximate surface area is 295 Å². The molecule has 2 heterocycles. The quantitative estimate of drug-likeness (QED) is 0.117. The van der Waals surface area contributed by atoms with Crippen LogP contribution in [-0.2, 0) is 0 Å². The third kappa shape index (κ3) is 7.75. The Morgan fingerprint density at radius 2 is 1.30 bits per heavy atom. The van der Waals surface area contributed by atoms with Gasteiger partial charge in [0, 0.05) is 55.2 Å². The molecule has 4 aromatic rings. The van der Waals surface area contributed by atoms with E-state index in [0.717, 1.165) is 96.0 Å². The van der Waals surface area contributed by atoms with E-state index in [0.29, 0.717) is 31.7 Å². The summed E-state index contributed by atoms with van der Waals surface area (Å²) in [5.74, 6) is 3.32. The first-order chi connectivity index (χ1) is 24.3. The number of hydrogen-bond acceptors (Lipinski definition) is 7. The minimum atomic E-state index is -0.440. The van der Waals surface area contributed by atoms with Crippen molar-refractivity contribution in [3.63, 3.8) is 0 Å². The molecule has 0 aromatic heterocycles. The van der Waals surface area contributed by atoms with Gasteiger partial charge in [-0.05, 0) is 121 Å². The number of nitrogens with zero attached hydrogens (tertiary/aromatic N) is 2. The maximum absolute atomic E-state index is 13.7. The fraction of sp³-hybridized carbons (Fsp3) is 0.488. The summed E-state index contributed by atoms with van der Waals surface area (Å²) in [6, 6.07) is 23.9. The Bertz CT molecular complexity index is 1880. The van der Waals surface area contributed by atoms with E-state index in [1.165, 1.54) is 25.7 Å². The summed E-state index contributed by atoms with van der Waals surface area (Å²) in [6.07, 6.45) is 7.35. The lowest BCUT2D eigenvalue weighted by molar-refractivity contribution is 0.0344. The van der Waals surface area contributed by atoms with E-state index in [1.54, 1.807) is 0 Å². The molecule has 0 bridgehead atoms. The molecule has 0 spiro atoms. The molecule has 50 heavy (non-hydrogen) atoms. The Morgan fingerprint density at radius 1 is 0.740 bits per heavy atom. The summed E-state index contributed by atoms with van der Waals surface area (Å²) in [6.45, 7) is 8.48. The lowest BCUT2D eigenvalue weighted by atomic mass is 9.75. The number of β-amino-alcohol motifs (C(OH)–C–C–N with tert-alkyl or cyclic N) is 1. The van der Waals surface area contributed by atoms with E-state index in [9.17, 15) is 14.7 Å². The molecular weight excluding hydrogens is 624 g/mol. The van der Waals surface area contributed by atoms with Gasteiger partial charge in [0.05, 0.1) is 6.10 Å². The molecule has 7 nitrogen and oxygen atoms in total. The predicted molar refractivity (Wildman–Crippen MR) is 197 cm³/mol. The number of benzene rings is 4. The smallest absolute Gasteiger partial charge is 0.170 e. The molecule has 4 aliphatic rings. The minimum absolute atomic E-state index is 0.121. The van der Waals surface area contributed by atoms with Crippen molar-refractivity contribution in [3.8, 4) is 11.5 Å². The lowest BCUT2D eigenvalue weighted by Crippen LogP contribution is -2.46. The largest absolute Gasteiger partial charge is 0.490 e. The summed E-state index contributed by atoms with van der Waals surface area (Å²) in [4.78, 5) is 31.9. The molecule has 7 heteroatoms. The molecule has 262 valence electrons. The van der Waals surface area contributed by atoms with Gasteiger partial charge in [0.2, 0.25) is 0 Å². The second kappa shape index (κ2) is 14.1. The number of piperidine rings is 2. The van der Waals surface area contributed by atoms with Crippen LogP contribution in [0.15, 0.2) is 72.8 Å². The van der Waals surface area contributed by atoms with E-state index in [2.05, 4.69) is 16.7 Å². The number of carbonyl (C=O) groups excluding carboxylic acids is 2. The summed E-state index contributed by atoms with van der Waals surface area (Å²) in [5.41, 5.74) is 1.18. The number of hydrogen-bond donors (Lipinski definition) is 1. The van der Waals surface area contributed by atoms with Crippen LogP contribution in [0.25, 0.3) is 21.5 Å². The summed E-state index contributed by atoms with van der Waals surface area (Å²) < 4.78 is 12.1. The molecule has 2 aliphatic carbocycles. The van der Waals surface area contributed by atoms with Crippen molar-refractivity contribution >= 4 is 33.1 Å². The zero-order valence-corrected chi connectivity index (χ0v) is 29.3. The van der Waals surface area contributed by atoms with Gasteiger partial charge in [-0.2, -0.15) is 0 Å². The normalized spacial score (nSPS) is 24.8. The van der Waals surface area contributed by atoms with Crippen molar-refractivity contribution in [3.05, 3.63) is 83.9 Å². The maximum Gasteiger partial charge on any atom is 0.170 e. The number of likely N-dealkylation sites (tertiary alicyclic amines) is 2. The fourth-order valence-electron chi connectivity index (χ4n) is 8.34. The van der Waals surface area contributed by atoms with E-state index in [1.807, 2.05) is 72.8 Å². The molecule has 0 amide bonds. The van der Waals surface area contributed by atoms with Gasteiger partial charge in [0.15, 0.2) is 11.6 Å². The molecule has 2 aliphatic heterocycles. The van der Waals surface area contributed by atoms with Crippen molar-refractivity contribution in [1.82, 2.24) is 9.80 Å². The van der Waals surface area contributed by atoms with Crippen LogP contribution in [0.1, 0.15) is 72.6 Å². The third-order valence-corrected chi connectivity index (χ3v) is 11.4. The molecule has 8 rings (SSSR count). The van der Waals surface area contributed by atoms with Gasteiger partial charge in [-0.25, -0.2) is 0 Å². The molecule has 4 fully saturated rings. The highest BCUT2D eigenvalue weighted by molar-refractivity contribution is 6.04. The molecule has 0 radical (unpaired) electrons. The lowest BCUT2D eigenvalue weighted by Gasteiger charge is -2.39. The number of aliphatic hydroxyl groups excluding tert-OH is 1. The standard InChI is InChI=1S/C43H50N2O5/c1-43(15-2-16-44(28-43)24-29-3-4-29)42(48)36-10-8-34-23-40(14-12-32(34)20-36)50-18-17-49-39-13-11-31-19-35(9-7-33(31)22-39)41(47)37-21-38(46)27-45(26-37)25-30-5-6-30/h7-14,19-20,22-23,29-30,37-38,46H,2-6,15-18,21,24-28H2,1H3/t37-,38+,43+/m1/s1. The first-order valence-electron chi connectivity index (χ1n) is 18.8. The zero-order valence-electron chi connectivity index (χ0n) is 29.3. The predicted octanol–water partition coefficient (Wildman–Crippen LogP) is 7.42. The Balaban J connectivity index is 0.838. The first kappa shape index (κ1) is 33.4. The monoisotopic (exact) mass is 674 g/mol. The number of fused-ring (bicyclic) bond motifs is 2. The maximum atomic E-state index is 13.7. The van der Waals surface area contributed by atoms with Crippen LogP contribution in [0.4, 0.5) is 0 Å². The van der Waals surface area contributed by atoms with Crippen molar-refractivity contribution in [2.24, 2.45) is 23.2 Å². The van der Waals surface area contributed by atoms with Gasteiger partial charge < -0.3 is 19.5 Å². The first-order valence-corrected chi connectivity index (χ1v) is 18.8. The molecule has 1 N–H and O–H groups in total. The number of rotatable bonds is 13. The van der Waals surface area contributed by atoms with Gasteiger partial charge in [0.1, 0.15) is 24.7 Å². The van der Waals surface area contributed by atoms with Crippen molar-refractivity contribution in [1.29, 1.82) is 0 Å². The number of Topliss-reactive ketones (excluding diaryl/α,β-unsaturated/α-hetero) is 2. The Kier molecular flexibility index (Phi) is 9.40. The molecule has 0 unspecified atom stereocenters. The van der Waals surface area contributed by atoms with Crippen LogP contribution in [-0.4, -0.2) is 85.1 Å². The second-order valence-electron chi connectivity index (χ2n) is 15.9. The van der Waals surface area contributed by atoms with Crippen molar-refractivity contribution < 1.29 is 24.2 Å². The Morgan fingerprint density at radius 3 is 1.94 bits per heavy atom. The van der Waals surface area contributed by atoms with E-state index < -0.39 is 6.10 Å². The van der Waals surface area contributed by atoms with Crippen LogP contribution in [0.2, 0.25) is 0 Å². The van der Waals surface area contributed by atoms with Crippen LogP contribution < -0.4 is 9.47 Å². The number of ether oxygens (including phenoxy) is 2. The number of ketones is 2. The van der Waals surface area contributed by atoms with Gasteiger partial charge >= 0.3 is 0 Å². The van der Waals surface area contributed by atoms with Gasteiger partial charge in [-0.15, -0.1) is 0 Å². The van der Waals surface area contributed by atoms with Crippen LogP contribution in [0, 0.1) is 23.2 Å². The SMILES string of the molecule is C[C@]1(C(=O)c2ccc3cc(OCCOc4ccc5cc(C(=O)[C@@H]6C[C@H](O)CN(CC7CC7)C6)ccc5c4)ccc3c2)CCCN(CC2CC2)C1. The Hall–Kier alpha value is -3.78. The summed E-state index contributed by atoms with van der Waals surface area (Å²) in [5, 5.41) is 14.5. The van der Waals surface area contributed by atoms with Crippen LogP contribution in [0.5, 0.6) is 11.5 Å². The fourth-order valence-corrected chi connectivity index (χ4v) is 8.34. The topological polar surface area (TPSA) is 79.3 Å². The molecule has 4 aromatic carbocycles. The molecular formula is C43H50N2O5. The highest BCUT2D eigenvalue weighted by atomic mass is 16.5. The van der Waals surface area contributed by atoms with Gasteiger partial charge in [0.25, 0.3) is 0 Å². The highest BCUT2D eigenvalue weighted by Gasteiger charge is 2.39. The van der Waals surface area contributed by atoms with Crippen molar-refractivity contribution in [2.45, 2.75) is 58.0 Å². The number of aliphatic hydroxyl groups is 1. The molecule has 2 saturated heterocycles. The third-order valence-electron chi connectivity index (χ3n) is 11.4. The summed E-state index contributed by atoms with van der Waals surface area (Å²) >= 11 is 0. The molecule has 3 atom stereocenters. The number of carbonyl (C=O) groups is 2. The highest BCUT2D eigenvalue weighted by Crippen LogP contribution is 2.37. The second-order valence-corrected chi connectivity index (χ2v) is 15.9. The van der Waals surface area contributed by atoms with E-state index in [4.69, 9.17) is 9.47 Å². The minimum Gasteiger partial charge on any atom is -0.490 e. The van der Waals surface area contributed by atoms with E-state index >= 15 is 0 Å². The van der Waals surface area contributed by atoms with Crippen LogP contribution in [0.3, 0.4) is 0 Å². The summed E-state index contributed by atoms with van der Waals surface area (Å²) in [7, 11) is 0.